The largest absolute Gasteiger partial charge is 0.310 e. The second kappa shape index (κ2) is 7.11. The lowest BCUT2D eigenvalue weighted by molar-refractivity contribution is -0.384. The van der Waals surface area contributed by atoms with Gasteiger partial charge in [0.05, 0.1) is 10.6 Å². The molecule has 0 unspecified atom stereocenters. The van der Waals surface area contributed by atoms with Gasteiger partial charge in [0.15, 0.2) is 0 Å². The molecule has 1 N–H and O–H groups in total. The maximum absolute atomic E-state index is 10.8. The molecule has 0 amide bonds. The van der Waals surface area contributed by atoms with Gasteiger partial charge in [0.2, 0.25) is 0 Å². The molecule has 7 heteroatoms. The zero-order valence-electron chi connectivity index (χ0n) is 14.1. The molecular weight excluding hydrogens is 306 g/mol. The van der Waals surface area contributed by atoms with Crippen LogP contribution in [0.2, 0.25) is 0 Å². The zero-order valence-corrected chi connectivity index (χ0v) is 14.1. The number of nitrogens with zero attached hydrogens (tertiary/aromatic N) is 4. The van der Waals surface area contributed by atoms with Gasteiger partial charge in [-0.2, -0.15) is 5.10 Å². The number of nitrogens with one attached hydrogen (secondary N) is 1. The topological polar surface area (TPSA) is 76.2 Å². The number of nitro benzene ring substituents is 1. The summed E-state index contributed by atoms with van der Waals surface area (Å²) >= 11 is 0. The first-order valence-corrected chi connectivity index (χ1v) is 8.22. The Labute approximate surface area is 141 Å². The maximum atomic E-state index is 10.8. The Balaban J connectivity index is 1.71. The Morgan fingerprint density at radius 1 is 1.25 bits per heavy atom. The number of benzene rings is 1. The molecule has 0 spiro atoms. The molecule has 1 saturated heterocycles. The Morgan fingerprint density at radius 2 is 1.92 bits per heavy atom. The number of hydrogen-bond acceptors (Lipinski definition) is 5. The van der Waals surface area contributed by atoms with Crippen molar-refractivity contribution in [3.63, 3.8) is 0 Å². The molecule has 24 heavy (non-hydrogen) atoms. The SMILES string of the molecule is CN1CCC(NCc2cn(C)nc2-c2ccc([N+](=O)[O-])cc2)CC1. The van der Waals surface area contributed by atoms with Crippen LogP contribution in [0, 0.1) is 10.1 Å². The van der Waals surface area contributed by atoms with E-state index in [2.05, 4.69) is 22.4 Å². The molecule has 0 bridgehead atoms. The first-order valence-electron chi connectivity index (χ1n) is 8.22. The smallest absolute Gasteiger partial charge is 0.269 e. The molecule has 0 atom stereocenters. The van der Waals surface area contributed by atoms with Crippen LogP contribution in [0.4, 0.5) is 5.69 Å². The van der Waals surface area contributed by atoms with Crippen LogP contribution in [-0.4, -0.2) is 45.8 Å². The Hall–Kier alpha value is -2.25. The number of likely N-dealkylation sites (tertiary alicyclic amines) is 1. The molecule has 0 radical (unpaired) electrons. The van der Waals surface area contributed by atoms with Crippen LogP contribution in [-0.2, 0) is 13.6 Å². The van der Waals surface area contributed by atoms with E-state index in [1.807, 2.05) is 13.2 Å². The van der Waals surface area contributed by atoms with E-state index in [9.17, 15) is 10.1 Å². The third-order valence-electron chi connectivity index (χ3n) is 4.56. The van der Waals surface area contributed by atoms with Crippen LogP contribution in [0.25, 0.3) is 11.3 Å². The predicted octanol–water partition coefficient (Wildman–Crippen LogP) is 2.18. The first-order chi connectivity index (χ1) is 11.5. The highest BCUT2D eigenvalue weighted by Gasteiger charge is 2.18. The molecular formula is C17H23N5O2. The quantitative estimate of drug-likeness (QED) is 0.672. The zero-order chi connectivity index (χ0) is 17.1. The van der Waals surface area contributed by atoms with Crippen molar-refractivity contribution < 1.29 is 4.92 Å². The van der Waals surface area contributed by atoms with Gasteiger partial charge in [-0.3, -0.25) is 14.8 Å². The molecule has 1 fully saturated rings. The maximum Gasteiger partial charge on any atom is 0.269 e. The summed E-state index contributed by atoms with van der Waals surface area (Å²) < 4.78 is 1.79. The third-order valence-corrected chi connectivity index (χ3v) is 4.56. The van der Waals surface area contributed by atoms with Crippen molar-refractivity contribution in [2.75, 3.05) is 20.1 Å². The lowest BCUT2D eigenvalue weighted by atomic mass is 10.0. The average Bonchev–Trinajstić information content (AvgIpc) is 2.95. The average molecular weight is 329 g/mol. The third kappa shape index (κ3) is 3.80. The van der Waals surface area contributed by atoms with Crippen molar-refractivity contribution in [1.29, 1.82) is 0 Å². The van der Waals surface area contributed by atoms with E-state index in [0.29, 0.717) is 6.04 Å². The van der Waals surface area contributed by atoms with E-state index in [-0.39, 0.29) is 10.6 Å². The fraction of sp³-hybridized carbons (Fsp3) is 0.471. The van der Waals surface area contributed by atoms with Crippen LogP contribution in [0.5, 0.6) is 0 Å². The fourth-order valence-corrected chi connectivity index (χ4v) is 3.12. The number of rotatable bonds is 5. The van der Waals surface area contributed by atoms with Gasteiger partial charge in [-0.1, -0.05) is 0 Å². The molecule has 2 heterocycles. The summed E-state index contributed by atoms with van der Waals surface area (Å²) in [5.41, 5.74) is 3.00. The number of aryl methyl sites for hydroxylation is 1. The van der Waals surface area contributed by atoms with E-state index in [1.54, 1.807) is 16.8 Å². The summed E-state index contributed by atoms with van der Waals surface area (Å²) in [5.74, 6) is 0. The molecule has 7 nitrogen and oxygen atoms in total. The molecule has 1 aliphatic rings. The first kappa shape index (κ1) is 16.6. The van der Waals surface area contributed by atoms with E-state index in [1.165, 1.54) is 12.1 Å². The van der Waals surface area contributed by atoms with Gasteiger partial charge < -0.3 is 10.2 Å². The second-order valence-corrected chi connectivity index (χ2v) is 6.44. The van der Waals surface area contributed by atoms with Crippen LogP contribution in [0.15, 0.2) is 30.5 Å². The minimum absolute atomic E-state index is 0.0979. The van der Waals surface area contributed by atoms with Crippen molar-refractivity contribution >= 4 is 5.69 Å². The fourth-order valence-electron chi connectivity index (χ4n) is 3.12. The van der Waals surface area contributed by atoms with Crippen molar-refractivity contribution in [3.05, 3.63) is 46.1 Å². The van der Waals surface area contributed by atoms with Gasteiger partial charge in [-0.25, -0.2) is 0 Å². The van der Waals surface area contributed by atoms with Gasteiger partial charge in [0, 0.05) is 49.1 Å². The monoisotopic (exact) mass is 329 g/mol. The summed E-state index contributed by atoms with van der Waals surface area (Å²) in [6, 6.07) is 7.11. The van der Waals surface area contributed by atoms with Crippen molar-refractivity contribution in [1.82, 2.24) is 20.0 Å². The minimum Gasteiger partial charge on any atom is -0.310 e. The summed E-state index contributed by atoms with van der Waals surface area (Å²) in [5, 5.41) is 18.9. The molecule has 1 aliphatic heterocycles. The van der Waals surface area contributed by atoms with Crippen molar-refractivity contribution in [3.8, 4) is 11.3 Å². The van der Waals surface area contributed by atoms with Gasteiger partial charge in [0.1, 0.15) is 0 Å². The van der Waals surface area contributed by atoms with Gasteiger partial charge >= 0.3 is 0 Å². The van der Waals surface area contributed by atoms with Gasteiger partial charge in [-0.15, -0.1) is 0 Å². The molecule has 3 rings (SSSR count). The van der Waals surface area contributed by atoms with Crippen LogP contribution < -0.4 is 5.32 Å². The molecule has 0 saturated carbocycles. The Morgan fingerprint density at radius 3 is 2.54 bits per heavy atom. The van der Waals surface area contributed by atoms with Crippen LogP contribution in [0.1, 0.15) is 18.4 Å². The second-order valence-electron chi connectivity index (χ2n) is 6.44. The number of aromatic nitrogens is 2. The summed E-state index contributed by atoms with van der Waals surface area (Å²) in [7, 11) is 4.05. The summed E-state index contributed by atoms with van der Waals surface area (Å²) in [4.78, 5) is 12.8. The Kier molecular flexibility index (Phi) is 4.92. The van der Waals surface area contributed by atoms with E-state index in [4.69, 9.17) is 0 Å². The van der Waals surface area contributed by atoms with Gasteiger partial charge in [0.25, 0.3) is 5.69 Å². The summed E-state index contributed by atoms with van der Waals surface area (Å²) in [6.45, 7) is 3.01. The van der Waals surface area contributed by atoms with E-state index in [0.717, 1.165) is 49.3 Å². The highest BCUT2D eigenvalue weighted by molar-refractivity contribution is 5.64. The number of nitro groups is 1. The van der Waals surface area contributed by atoms with Crippen LogP contribution in [0.3, 0.4) is 0 Å². The molecule has 0 aliphatic carbocycles. The molecule has 128 valence electrons. The number of non-ortho nitro benzene ring substituents is 1. The molecule has 2 aromatic rings. The lowest BCUT2D eigenvalue weighted by Crippen LogP contribution is -2.40. The van der Waals surface area contributed by atoms with Gasteiger partial charge in [-0.05, 0) is 45.1 Å². The highest BCUT2D eigenvalue weighted by Crippen LogP contribution is 2.24. The summed E-state index contributed by atoms with van der Waals surface area (Å²) in [6.07, 6.45) is 4.33. The van der Waals surface area contributed by atoms with Crippen molar-refractivity contribution in [2.24, 2.45) is 7.05 Å². The standard InChI is InChI=1S/C17H23N5O2/c1-20-9-7-15(8-10-20)18-11-14-12-21(2)19-17(14)13-3-5-16(6-4-13)22(23)24/h3-6,12,15,18H,7-11H2,1-2H3. The van der Waals surface area contributed by atoms with E-state index < -0.39 is 0 Å². The molecule has 1 aromatic carbocycles. The van der Waals surface area contributed by atoms with Crippen molar-refractivity contribution in [2.45, 2.75) is 25.4 Å². The van der Waals surface area contributed by atoms with E-state index >= 15 is 0 Å². The Bertz CT molecular complexity index is 702. The predicted molar refractivity (Wildman–Crippen MR) is 92.7 cm³/mol. The minimum atomic E-state index is -0.384. The molecule has 1 aromatic heterocycles. The normalized spacial score (nSPS) is 16.4. The number of hydrogen-bond donors (Lipinski definition) is 1. The number of piperidine rings is 1. The van der Waals surface area contributed by atoms with Crippen LogP contribution >= 0.6 is 0 Å². The lowest BCUT2D eigenvalue weighted by Gasteiger charge is -2.29. The highest BCUT2D eigenvalue weighted by atomic mass is 16.6.